The lowest BCUT2D eigenvalue weighted by Gasteiger charge is -2.16. The van der Waals surface area contributed by atoms with Gasteiger partial charge in [0.15, 0.2) is 5.76 Å². The van der Waals surface area contributed by atoms with Crippen LogP contribution < -0.4 is 5.32 Å². The first-order valence-corrected chi connectivity index (χ1v) is 8.44. The second-order valence-corrected chi connectivity index (χ2v) is 6.60. The molecule has 0 bridgehead atoms. The molecule has 3 aromatic rings. The van der Waals surface area contributed by atoms with E-state index in [1.54, 1.807) is 18.2 Å². The number of carboxylic acids is 1. The predicted molar refractivity (Wildman–Crippen MR) is 97.8 cm³/mol. The molecular weight excluding hydrogens is 332 g/mol. The van der Waals surface area contributed by atoms with Crippen molar-refractivity contribution in [3.63, 3.8) is 0 Å². The lowest BCUT2D eigenvalue weighted by Crippen LogP contribution is -2.41. The second-order valence-electron chi connectivity index (χ2n) is 6.60. The van der Waals surface area contributed by atoms with Gasteiger partial charge in [0, 0.05) is 11.1 Å². The maximum atomic E-state index is 12.5. The fraction of sp³-hybridized carbons (Fsp3) is 0.250. The third kappa shape index (κ3) is 3.74. The van der Waals surface area contributed by atoms with Crippen LogP contribution in [0.3, 0.4) is 0 Å². The number of aromatic nitrogens is 1. The van der Waals surface area contributed by atoms with Crippen LogP contribution in [0.25, 0.3) is 22.2 Å². The molecule has 0 saturated heterocycles. The molecule has 1 heterocycles. The summed E-state index contributed by atoms with van der Waals surface area (Å²) in [5, 5.41) is 16.6. The summed E-state index contributed by atoms with van der Waals surface area (Å²) in [6.07, 6.45) is 0.367. The Balaban J connectivity index is 1.91. The molecule has 1 amide bonds. The van der Waals surface area contributed by atoms with Gasteiger partial charge in [0.2, 0.25) is 0 Å². The van der Waals surface area contributed by atoms with E-state index in [9.17, 15) is 14.7 Å². The van der Waals surface area contributed by atoms with Gasteiger partial charge in [-0.1, -0.05) is 49.3 Å². The van der Waals surface area contributed by atoms with Gasteiger partial charge in [0.05, 0.1) is 5.39 Å². The smallest absolute Gasteiger partial charge is 0.326 e. The van der Waals surface area contributed by atoms with E-state index in [1.165, 1.54) is 0 Å². The van der Waals surface area contributed by atoms with E-state index in [1.807, 2.05) is 44.2 Å². The van der Waals surface area contributed by atoms with Crippen LogP contribution in [0.4, 0.5) is 0 Å². The normalized spacial score (nSPS) is 12.3. The van der Waals surface area contributed by atoms with E-state index in [0.717, 1.165) is 5.56 Å². The van der Waals surface area contributed by atoms with Gasteiger partial charge in [-0.05, 0) is 30.5 Å². The highest BCUT2D eigenvalue weighted by Gasteiger charge is 2.22. The van der Waals surface area contributed by atoms with Gasteiger partial charge in [-0.2, -0.15) is 0 Å². The minimum Gasteiger partial charge on any atom is -0.480 e. The second kappa shape index (κ2) is 7.39. The van der Waals surface area contributed by atoms with E-state index in [2.05, 4.69) is 10.5 Å². The molecule has 0 fully saturated rings. The highest BCUT2D eigenvalue weighted by Crippen LogP contribution is 2.29. The number of amides is 1. The van der Waals surface area contributed by atoms with Crippen LogP contribution in [0.2, 0.25) is 0 Å². The third-order valence-electron chi connectivity index (χ3n) is 4.09. The number of carbonyl (C=O) groups excluding carboxylic acids is 1. The van der Waals surface area contributed by atoms with Gasteiger partial charge in [-0.15, -0.1) is 0 Å². The highest BCUT2D eigenvalue weighted by atomic mass is 16.5. The lowest BCUT2D eigenvalue weighted by molar-refractivity contribution is -0.139. The molecular formula is C20H20N2O4. The average Bonchev–Trinajstić information content (AvgIpc) is 3.04. The van der Waals surface area contributed by atoms with Crippen LogP contribution in [0.5, 0.6) is 0 Å². The van der Waals surface area contributed by atoms with E-state index < -0.39 is 17.9 Å². The average molecular weight is 352 g/mol. The van der Waals surface area contributed by atoms with E-state index in [0.29, 0.717) is 28.6 Å². The largest absolute Gasteiger partial charge is 0.480 e. The summed E-state index contributed by atoms with van der Waals surface area (Å²) >= 11 is 0. The first-order valence-electron chi connectivity index (χ1n) is 8.44. The molecule has 1 atom stereocenters. The van der Waals surface area contributed by atoms with Gasteiger partial charge in [-0.25, -0.2) is 4.79 Å². The van der Waals surface area contributed by atoms with Crippen LogP contribution in [0.15, 0.2) is 53.1 Å². The van der Waals surface area contributed by atoms with Crippen LogP contribution >= 0.6 is 0 Å². The zero-order chi connectivity index (χ0) is 18.7. The molecule has 0 aliphatic heterocycles. The Labute approximate surface area is 150 Å². The number of nitrogens with one attached hydrogen (secondary N) is 1. The highest BCUT2D eigenvalue weighted by molar-refractivity contribution is 6.02. The van der Waals surface area contributed by atoms with Crippen molar-refractivity contribution in [1.82, 2.24) is 10.5 Å². The van der Waals surface area contributed by atoms with Crippen molar-refractivity contribution in [1.29, 1.82) is 0 Å². The number of carbonyl (C=O) groups is 2. The molecule has 2 aromatic carbocycles. The molecule has 3 rings (SSSR count). The minimum atomic E-state index is -1.04. The Bertz CT molecular complexity index is 931. The van der Waals surface area contributed by atoms with Gasteiger partial charge < -0.3 is 14.9 Å². The van der Waals surface area contributed by atoms with Crippen molar-refractivity contribution >= 4 is 22.8 Å². The number of hydrogen-bond donors (Lipinski definition) is 2. The lowest BCUT2D eigenvalue weighted by atomic mass is 10.0. The number of benzene rings is 2. The Morgan fingerprint density at radius 2 is 1.88 bits per heavy atom. The van der Waals surface area contributed by atoms with Gasteiger partial charge in [-0.3, -0.25) is 4.79 Å². The fourth-order valence-electron chi connectivity index (χ4n) is 2.81. The molecule has 6 nitrogen and oxygen atoms in total. The summed E-state index contributed by atoms with van der Waals surface area (Å²) in [4.78, 5) is 23.9. The van der Waals surface area contributed by atoms with E-state index in [4.69, 9.17) is 4.52 Å². The summed E-state index contributed by atoms with van der Waals surface area (Å²) in [7, 11) is 0. The van der Waals surface area contributed by atoms with Crippen molar-refractivity contribution < 1.29 is 19.2 Å². The summed E-state index contributed by atoms with van der Waals surface area (Å²) in [5.41, 5.74) is 1.86. The summed E-state index contributed by atoms with van der Waals surface area (Å²) in [6.45, 7) is 3.83. The van der Waals surface area contributed by atoms with Crippen LogP contribution in [-0.4, -0.2) is 28.2 Å². The number of nitrogens with zero attached hydrogens (tertiary/aromatic N) is 1. The molecule has 2 N–H and O–H groups in total. The maximum Gasteiger partial charge on any atom is 0.326 e. The van der Waals surface area contributed by atoms with E-state index in [-0.39, 0.29) is 5.92 Å². The Morgan fingerprint density at radius 1 is 1.15 bits per heavy atom. The van der Waals surface area contributed by atoms with Crippen molar-refractivity contribution in [3.8, 4) is 11.3 Å². The quantitative estimate of drug-likeness (QED) is 0.705. The topological polar surface area (TPSA) is 92.4 Å². The SMILES string of the molecule is CC(C)C[C@@H](NC(=O)c1ccc2noc(-c3ccccc3)c2c1)C(=O)O. The maximum absolute atomic E-state index is 12.5. The molecule has 6 heteroatoms. The monoisotopic (exact) mass is 352 g/mol. The van der Waals surface area contributed by atoms with Gasteiger partial charge in [0.1, 0.15) is 11.6 Å². The number of hydrogen-bond acceptors (Lipinski definition) is 4. The van der Waals surface area contributed by atoms with Gasteiger partial charge >= 0.3 is 5.97 Å². The first kappa shape index (κ1) is 17.7. The summed E-state index contributed by atoms with van der Waals surface area (Å²) in [5.74, 6) is -0.739. The molecule has 0 aliphatic rings. The molecule has 0 spiro atoms. The number of aliphatic carboxylic acids is 1. The molecule has 134 valence electrons. The number of carboxylic acid groups (broad SMARTS) is 1. The Kier molecular flexibility index (Phi) is 5.02. The molecule has 0 aliphatic carbocycles. The van der Waals surface area contributed by atoms with Gasteiger partial charge in [0.25, 0.3) is 5.91 Å². The van der Waals surface area contributed by atoms with Crippen LogP contribution in [-0.2, 0) is 4.79 Å². The summed E-state index contributed by atoms with van der Waals surface area (Å²) in [6, 6.07) is 13.6. The number of fused-ring (bicyclic) bond motifs is 1. The first-order chi connectivity index (χ1) is 12.5. The zero-order valence-electron chi connectivity index (χ0n) is 14.6. The molecule has 0 radical (unpaired) electrons. The standard InChI is InChI=1S/C20H20N2O4/c1-12(2)10-17(20(24)25)21-19(23)14-8-9-16-15(11-14)18(26-22-16)13-6-4-3-5-7-13/h3-9,11-12,17H,10H2,1-2H3,(H,21,23)(H,24,25)/t17-/m1/s1. The minimum absolute atomic E-state index is 0.154. The predicted octanol–water partition coefficient (Wildman–Crippen LogP) is 3.72. The van der Waals surface area contributed by atoms with Crippen molar-refractivity contribution in [3.05, 3.63) is 54.1 Å². The molecule has 0 saturated carbocycles. The van der Waals surface area contributed by atoms with E-state index >= 15 is 0 Å². The van der Waals surface area contributed by atoms with Crippen LogP contribution in [0, 0.1) is 5.92 Å². The van der Waals surface area contributed by atoms with Crippen LogP contribution in [0.1, 0.15) is 30.6 Å². The zero-order valence-corrected chi connectivity index (χ0v) is 14.6. The summed E-state index contributed by atoms with van der Waals surface area (Å²) < 4.78 is 5.43. The Hall–Kier alpha value is -3.15. The van der Waals surface area contributed by atoms with Crippen molar-refractivity contribution in [2.45, 2.75) is 26.3 Å². The number of rotatable bonds is 6. The Morgan fingerprint density at radius 3 is 2.54 bits per heavy atom. The molecule has 0 unspecified atom stereocenters. The fourth-order valence-corrected chi connectivity index (χ4v) is 2.81. The molecule has 26 heavy (non-hydrogen) atoms. The third-order valence-corrected chi connectivity index (χ3v) is 4.09. The van der Waals surface area contributed by atoms with Crippen molar-refractivity contribution in [2.24, 2.45) is 5.92 Å². The van der Waals surface area contributed by atoms with Crippen molar-refractivity contribution in [2.75, 3.05) is 0 Å². The molecule has 1 aromatic heterocycles.